The number of rotatable bonds is 6. The van der Waals surface area contributed by atoms with Gasteiger partial charge in [0.1, 0.15) is 0 Å². The van der Waals surface area contributed by atoms with Crippen molar-refractivity contribution in [3.63, 3.8) is 0 Å². The van der Waals surface area contributed by atoms with E-state index in [1.165, 1.54) is 0 Å². The normalized spacial score (nSPS) is 16.6. The Hall–Kier alpha value is -1.55. The maximum Gasteiger partial charge on any atom is 0.165 e. The lowest BCUT2D eigenvalue weighted by Gasteiger charge is -2.40. The Bertz CT molecular complexity index is 458. The van der Waals surface area contributed by atoms with Crippen LogP contribution in [0.15, 0.2) is 18.2 Å². The van der Waals surface area contributed by atoms with Crippen LogP contribution in [0.1, 0.15) is 36.0 Å². The van der Waals surface area contributed by atoms with Gasteiger partial charge >= 0.3 is 0 Å². The third-order valence-corrected chi connectivity index (χ3v) is 3.89. The van der Waals surface area contributed by atoms with Crippen LogP contribution >= 0.6 is 0 Å². The second kappa shape index (κ2) is 5.61. The highest BCUT2D eigenvalue weighted by Crippen LogP contribution is 2.39. The molecule has 0 spiro atoms. The highest BCUT2D eigenvalue weighted by molar-refractivity contribution is 5.97. The molecule has 2 rings (SSSR count). The SMILES string of the molecule is COc1ccc(C(=O)CC2(OC)CCC2)cc1OC. The molecule has 0 N–H and O–H groups in total. The van der Waals surface area contributed by atoms with Crippen LogP contribution in [0.4, 0.5) is 0 Å². The summed E-state index contributed by atoms with van der Waals surface area (Å²) in [6, 6.07) is 5.25. The molecule has 0 unspecified atom stereocenters. The first-order valence-electron chi connectivity index (χ1n) is 6.44. The minimum absolute atomic E-state index is 0.0857. The molecule has 0 aliphatic heterocycles. The minimum Gasteiger partial charge on any atom is -0.493 e. The Morgan fingerprint density at radius 1 is 1.16 bits per heavy atom. The van der Waals surface area contributed by atoms with Gasteiger partial charge in [0, 0.05) is 19.1 Å². The lowest BCUT2D eigenvalue weighted by Crippen LogP contribution is -2.41. The lowest BCUT2D eigenvalue weighted by molar-refractivity contribution is -0.0704. The lowest BCUT2D eigenvalue weighted by atomic mass is 9.76. The van der Waals surface area contributed by atoms with E-state index in [2.05, 4.69) is 0 Å². The van der Waals surface area contributed by atoms with Crippen molar-refractivity contribution in [3.8, 4) is 11.5 Å². The molecule has 1 fully saturated rings. The van der Waals surface area contributed by atoms with E-state index in [9.17, 15) is 4.79 Å². The van der Waals surface area contributed by atoms with Gasteiger partial charge in [0.2, 0.25) is 0 Å². The van der Waals surface area contributed by atoms with Crippen molar-refractivity contribution in [1.29, 1.82) is 0 Å². The minimum atomic E-state index is -0.246. The quantitative estimate of drug-likeness (QED) is 0.741. The van der Waals surface area contributed by atoms with Crippen LogP contribution in [0.5, 0.6) is 11.5 Å². The van der Waals surface area contributed by atoms with Gasteiger partial charge in [-0.15, -0.1) is 0 Å². The van der Waals surface area contributed by atoms with E-state index >= 15 is 0 Å². The number of methoxy groups -OCH3 is 3. The Morgan fingerprint density at radius 2 is 1.84 bits per heavy atom. The molecule has 4 nitrogen and oxygen atoms in total. The summed E-state index contributed by atoms with van der Waals surface area (Å²) in [5.74, 6) is 1.29. The molecule has 1 aliphatic rings. The summed E-state index contributed by atoms with van der Waals surface area (Å²) in [5, 5.41) is 0. The monoisotopic (exact) mass is 264 g/mol. The van der Waals surface area contributed by atoms with Crippen molar-refractivity contribution < 1.29 is 19.0 Å². The van der Waals surface area contributed by atoms with E-state index in [-0.39, 0.29) is 11.4 Å². The average Bonchev–Trinajstić information content (AvgIpc) is 2.41. The number of ether oxygens (including phenoxy) is 3. The predicted molar refractivity (Wildman–Crippen MR) is 72.1 cm³/mol. The molecule has 0 bridgehead atoms. The zero-order chi connectivity index (χ0) is 13.9. The number of benzene rings is 1. The van der Waals surface area contributed by atoms with Gasteiger partial charge in [0.25, 0.3) is 0 Å². The van der Waals surface area contributed by atoms with Crippen LogP contribution in [-0.4, -0.2) is 32.7 Å². The zero-order valence-corrected chi connectivity index (χ0v) is 11.7. The smallest absolute Gasteiger partial charge is 0.165 e. The molecule has 0 aromatic heterocycles. The van der Waals surface area contributed by atoms with Gasteiger partial charge in [-0.3, -0.25) is 4.79 Å². The highest BCUT2D eigenvalue weighted by atomic mass is 16.5. The molecule has 4 heteroatoms. The van der Waals surface area contributed by atoms with Crippen molar-refractivity contribution in [3.05, 3.63) is 23.8 Å². The van der Waals surface area contributed by atoms with Crippen LogP contribution in [0, 0.1) is 0 Å². The first kappa shape index (κ1) is 13.9. The molecule has 0 heterocycles. The summed E-state index contributed by atoms with van der Waals surface area (Å²) < 4.78 is 15.9. The fraction of sp³-hybridized carbons (Fsp3) is 0.533. The van der Waals surface area contributed by atoms with Crippen LogP contribution in [-0.2, 0) is 4.74 Å². The van der Waals surface area contributed by atoms with E-state index in [1.807, 2.05) is 0 Å². The number of hydrogen-bond acceptors (Lipinski definition) is 4. The van der Waals surface area contributed by atoms with E-state index in [4.69, 9.17) is 14.2 Å². The molecular weight excluding hydrogens is 244 g/mol. The van der Waals surface area contributed by atoms with Crippen LogP contribution in [0.2, 0.25) is 0 Å². The maximum atomic E-state index is 12.3. The number of Topliss-reactive ketones (excluding diaryl/α,β-unsaturated/α-hetero) is 1. The van der Waals surface area contributed by atoms with E-state index < -0.39 is 0 Å². The van der Waals surface area contributed by atoms with Crippen molar-refractivity contribution in [2.24, 2.45) is 0 Å². The van der Waals surface area contributed by atoms with Crippen LogP contribution in [0.3, 0.4) is 0 Å². The van der Waals surface area contributed by atoms with E-state index in [0.29, 0.717) is 23.5 Å². The molecule has 0 atom stereocenters. The summed E-state index contributed by atoms with van der Waals surface area (Å²) in [6.45, 7) is 0. The Labute approximate surface area is 113 Å². The van der Waals surface area contributed by atoms with Gasteiger partial charge in [0.05, 0.1) is 19.8 Å². The van der Waals surface area contributed by atoms with Gasteiger partial charge in [0.15, 0.2) is 17.3 Å². The standard InChI is InChI=1S/C15H20O4/c1-17-13-6-5-11(9-14(13)18-2)12(16)10-15(19-3)7-4-8-15/h5-6,9H,4,7-8,10H2,1-3H3. The molecule has 19 heavy (non-hydrogen) atoms. The molecule has 0 amide bonds. The number of carbonyl (C=O) groups excluding carboxylic acids is 1. The summed E-state index contributed by atoms with van der Waals surface area (Å²) in [7, 11) is 4.82. The second-order valence-corrected chi connectivity index (χ2v) is 4.91. The third-order valence-electron chi connectivity index (χ3n) is 3.89. The van der Waals surface area contributed by atoms with Crippen LogP contribution < -0.4 is 9.47 Å². The number of hydrogen-bond donors (Lipinski definition) is 0. The van der Waals surface area contributed by atoms with E-state index in [1.54, 1.807) is 39.5 Å². The predicted octanol–water partition coefficient (Wildman–Crippen LogP) is 2.85. The maximum absolute atomic E-state index is 12.3. The zero-order valence-electron chi connectivity index (χ0n) is 11.7. The van der Waals surface area contributed by atoms with Crippen molar-refractivity contribution in [2.75, 3.05) is 21.3 Å². The first-order chi connectivity index (χ1) is 9.14. The second-order valence-electron chi connectivity index (χ2n) is 4.91. The summed E-state index contributed by atoms with van der Waals surface area (Å²) in [6.07, 6.45) is 3.48. The molecule has 0 saturated heterocycles. The van der Waals surface area contributed by atoms with Gasteiger partial charge in [-0.1, -0.05) is 0 Å². The largest absolute Gasteiger partial charge is 0.493 e. The van der Waals surface area contributed by atoms with Gasteiger partial charge in [-0.05, 0) is 37.5 Å². The summed E-state index contributed by atoms with van der Waals surface area (Å²) in [5.41, 5.74) is 0.394. The topological polar surface area (TPSA) is 44.8 Å². The van der Waals surface area contributed by atoms with E-state index in [0.717, 1.165) is 19.3 Å². The van der Waals surface area contributed by atoms with Crippen molar-refractivity contribution in [1.82, 2.24) is 0 Å². The van der Waals surface area contributed by atoms with Gasteiger partial charge < -0.3 is 14.2 Å². The summed E-state index contributed by atoms with van der Waals surface area (Å²) >= 11 is 0. The molecule has 104 valence electrons. The molecule has 1 aromatic carbocycles. The number of ketones is 1. The average molecular weight is 264 g/mol. The Morgan fingerprint density at radius 3 is 2.32 bits per heavy atom. The highest BCUT2D eigenvalue weighted by Gasteiger charge is 2.39. The molecule has 1 aromatic rings. The fourth-order valence-electron chi connectivity index (χ4n) is 2.43. The summed E-state index contributed by atoms with van der Waals surface area (Å²) in [4.78, 5) is 12.3. The molecule has 1 aliphatic carbocycles. The molecule has 1 saturated carbocycles. The number of carbonyl (C=O) groups is 1. The van der Waals surface area contributed by atoms with Crippen molar-refractivity contribution in [2.45, 2.75) is 31.3 Å². The molecular formula is C15H20O4. The first-order valence-corrected chi connectivity index (χ1v) is 6.44. The fourth-order valence-corrected chi connectivity index (χ4v) is 2.43. The molecule has 0 radical (unpaired) electrons. The Kier molecular flexibility index (Phi) is 4.10. The van der Waals surface area contributed by atoms with Gasteiger partial charge in [-0.25, -0.2) is 0 Å². The van der Waals surface area contributed by atoms with Crippen molar-refractivity contribution >= 4 is 5.78 Å². The third kappa shape index (κ3) is 2.73. The van der Waals surface area contributed by atoms with Crippen LogP contribution in [0.25, 0.3) is 0 Å². The Balaban J connectivity index is 2.15. The van der Waals surface area contributed by atoms with Gasteiger partial charge in [-0.2, -0.15) is 0 Å².